The van der Waals surface area contributed by atoms with Gasteiger partial charge >= 0.3 is 0 Å². The van der Waals surface area contributed by atoms with Crippen LogP contribution in [-0.2, 0) is 10.0 Å². The van der Waals surface area contributed by atoms with Crippen molar-refractivity contribution in [2.24, 2.45) is 5.73 Å². The van der Waals surface area contributed by atoms with E-state index in [-0.39, 0.29) is 38.8 Å². The smallest absolute Gasteiger partial charge is 0.262 e. The van der Waals surface area contributed by atoms with Crippen molar-refractivity contribution in [1.82, 2.24) is 24.4 Å². The number of carbonyl (C=O) groups excluding carboxylic acids is 1. The molecule has 1 aliphatic heterocycles. The van der Waals surface area contributed by atoms with E-state index in [2.05, 4.69) is 20.0 Å². The van der Waals surface area contributed by atoms with Crippen molar-refractivity contribution in [3.8, 4) is 5.82 Å². The Kier molecular flexibility index (Phi) is 7.93. The van der Waals surface area contributed by atoms with Crippen molar-refractivity contribution >= 4 is 66.7 Å². The lowest BCUT2D eigenvalue weighted by Crippen LogP contribution is -2.31. The van der Waals surface area contributed by atoms with Gasteiger partial charge in [-0.2, -0.15) is 0 Å². The first-order chi connectivity index (χ1) is 23.0. The number of rotatable bonds is 7. The Balaban J connectivity index is 1.26. The number of amides is 1. The average Bonchev–Trinajstić information content (AvgIpc) is 3.69. The molecule has 6 aromatic rings. The highest BCUT2D eigenvalue weighted by Crippen LogP contribution is 2.33. The summed E-state index contributed by atoms with van der Waals surface area (Å²) in [6.07, 6.45) is 3.64. The Bertz CT molecular complexity index is 2370. The second-order valence-electron chi connectivity index (χ2n) is 11.4. The first kappa shape index (κ1) is 31.4. The van der Waals surface area contributed by atoms with Crippen molar-refractivity contribution in [2.45, 2.75) is 24.3 Å². The topological polar surface area (TPSA) is 148 Å². The highest BCUT2D eigenvalue weighted by atomic mass is 35.5. The molecule has 1 saturated heterocycles. The van der Waals surface area contributed by atoms with Crippen LogP contribution in [0.5, 0.6) is 0 Å². The van der Waals surface area contributed by atoms with Gasteiger partial charge in [0, 0.05) is 35.7 Å². The standard InChI is InChI=1S/C33H27ClF2N8O3S/c1-18-22(34)6-4-8-27(18)48(46,47)42-24-10-9-23(35)30(29(24)36)41-32-31-25(38-17-39-32)11-12-28(40-31)44-16-21(20-5-2-3-7-26(20)44)33(45)43-14-13-19(37)15-43/h2-12,16-17,19,42H,13-15,37H2,1H3,(H,38,39,41)/t19-/m0/s1. The Morgan fingerprint density at radius 3 is 2.65 bits per heavy atom. The molecule has 0 saturated carbocycles. The van der Waals surface area contributed by atoms with Gasteiger partial charge in [0.25, 0.3) is 15.9 Å². The van der Waals surface area contributed by atoms with Crippen LogP contribution in [0.15, 0.2) is 84.1 Å². The average molecular weight is 689 g/mol. The molecule has 0 unspecified atom stereocenters. The van der Waals surface area contributed by atoms with E-state index in [0.29, 0.717) is 30.0 Å². The second kappa shape index (κ2) is 12.1. The van der Waals surface area contributed by atoms with Crippen molar-refractivity contribution < 1.29 is 22.0 Å². The number of hydrogen-bond donors (Lipinski definition) is 3. The zero-order valence-electron chi connectivity index (χ0n) is 25.3. The zero-order valence-corrected chi connectivity index (χ0v) is 26.9. The van der Waals surface area contributed by atoms with Gasteiger partial charge in [-0.15, -0.1) is 0 Å². The number of nitrogens with two attached hydrogens (primary N) is 1. The zero-order chi connectivity index (χ0) is 33.7. The number of sulfonamides is 1. The van der Waals surface area contributed by atoms with Gasteiger partial charge in [-0.05, 0) is 61.4 Å². The molecule has 11 nitrogen and oxygen atoms in total. The number of fused-ring (bicyclic) bond motifs is 2. The molecule has 1 fully saturated rings. The molecule has 3 aromatic heterocycles. The summed E-state index contributed by atoms with van der Waals surface area (Å²) in [5.41, 5.74) is 6.91. The molecule has 1 atom stereocenters. The van der Waals surface area contributed by atoms with Crippen LogP contribution in [0.25, 0.3) is 27.8 Å². The lowest BCUT2D eigenvalue weighted by molar-refractivity contribution is 0.0792. The summed E-state index contributed by atoms with van der Waals surface area (Å²) in [6, 6.07) is 16.9. The minimum absolute atomic E-state index is 0.0378. The molecule has 1 amide bonds. The number of hydrogen-bond acceptors (Lipinski definition) is 8. The number of benzene rings is 3. The van der Waals surface area contributed by atoms with E-state index in [0.717, 1.165) is 29.5 Å². The van der Waals surface area contributed by atoms with E-state index in [1.807, 2.05) is 24.3 Å². The maximum absolute atomic E-state index is 15.8. The van der Waals surface area contributed by atoms with Crippen LogP contribution in [0.3, 0.4) is 0 Å². The Hall–Kier alpha value is -5.18. The van der Waals surface area contributed by atoms with E-state index < -0.39 is 33.0 Å². The lowest BCUT2D eigenvalue weighted by atomic mass is 10.1. The van der Waals surface area contributed by atoms with E-state index in [9.17, 15) is 13.2 Å². The predicted molar refractivity (Wildman–Crippen MR) is 179 cm³/mol. The fourth-order valence-corrected chi connectivity index (χ4v) is 7.34. The van der Waals surface area contributed by atoms with Crippen LogP contribution >= 0.6 is 11.6 Å². The number of pyridine rings is 1. The van der Waals surface area contributed by atoms with Crippen LogP contribution in [0.1, 0.15) is 22.3 Å². The number of nitrogens with zero attached hydrogens (tertiary/aromatic N) is 5. The van der Waals surface area contributed by atoms with Crippen molar-refractivity contribution in [3.63, 3.8) is 0 Å². The molecule has 3 aromatic carbocycles. The van der Waals surface area contributed by atoms with Crippen LogP contribution < -0.4 is 15.8 Å². The van der Waals surface area contributed by atoms with Gasteiger partial charge in [0.15, 0.2) is 11.6 Å². The molecule has 0 aliphatic carbocycles. The fraction of sp³-hybridized carbons (Fsp3) is 0.152. The molecule has 244 valence electrons. The molecular weight excluding hydrogens is 662 g/mol. The second-order valence-corrected chi connectivity index (χ2v) is 13.4. The maximum Gasteiger partial charge on any atom is 0.262 e. The predicted octanol–water partition coefficient (Wildman–Crippen LogP) is 5.93. The molecule has 0 bridgehead atoms. The maximum atomic E-state index is 15.8. The van der Waals surface area contributed by atoms with E-state index in [1.165, 1.54) is 31.5 Å². The van der Waals surface area contributed by atoms with Gasteiger partial charge in [-0.1, -0.05) is 35.9 Å². The van der Waals surface area contributed by atoms with Gasteiger partial charge in [-0.25, -0.2) is 32.2 Å². The summed E-state index contributed by atoms with van der Waals surface area (Å²) >= 11 is 6.10. The molecule has 48 heavy (non-hydrogen) atoms. The third-order valence-electron chi connectivity index (χ3n) is 8.25. The normalized spacial score (nSPS) is 14.9. The molecule has 4 N–H and O–H groups in total. The number of anilines is 3. The molecule has 0 spiro atoms. The van der Waals surface area contributed by atoms with E-state index in [1.54, 1.807) is 27.8 Å². The van der Waals surface area contributed by atoms with Gasteiger partial charge in [0.2, 0.25) is 0 Å². The van der Waals surface area contributed by atoms with Crippen molar-refractivity contribution in [1.29, 1.82) is 0 Å². The summed E-state index contributed by atoms with van der Waals surface area (Å²) in [5.74, 6) is -1.99. The van der Waals surface area contributed by atoms with Gasteiger partial charge in [0.05, 0.1) is 27.2 Å². The minimum Gasteiger partial charge on any atom is -0.337 e. The third kappa shape index (κ3) is 5.57. The largest absolute Gasteiger partial charge is 0.337 e. The molecule has 1 aliphatic rings. The lowest BCUT2D eigenvalue weighted by Gasteiger charge is -2.15. The molecule has 4 heterocycles. The number of carbonyl (C=O) groups is 1. The van der Waals surface area contributed by atoms with Crippen molar-refractivity contribution in [3.05, 3.63) is 107 Å². The summed E-state index contributed by atoms with van der Waals surface area (Å²) in [7, 11) is -4.29. The summed E-state index contributed by atoms with van der Waals surface area (Å²) in [5, 5.41) is 3.59. The van der Waals surface area contributed by atoms with E-state index >= 15 is 8.78 Å². The highest BCUT2D eigenvalue weighted by Gasteiger charge is 2.28. The number of para-hydroxylation sites is 1. The van der Waals surface area contributed by atoms with Crippen molar-refractivity contribution in [2.75, 3.05) is 23.1 Å². The van der Waals surface area contributed by atoms with Crippen LogP contribution in [0.2, 0.25) is 5.02 Å². The van der Waals surface area contributed by atoms with Gasteiger partial charge in [0.1, 0.15) is 29.2 Å². The number of likely N-dealkylation sites (tertiary alicyclic amines) is 1. The Morgan fingerprint density at radius 2 is 1.85 bits per heavy atom. The van der Waals surface area contributed by atoms with Crippen LogP contribution in [0.4, 0.5) is 26.0 Å². The quantitative estimate of drug-likeness (QED) is 0.187. The van der Waals surface area contributed by atoms with E-state index in [4.69, 9.17) is 22.3 Å². The summed E-state index contributed by atoms with van der Waals surface area (Å²) in [4.78, 5) is 28.2. The number of aromatic nitrogens is 4. The SMILES string of the molecule is Cc1c(Cl)cccc1S(=O)(=O)Nc1ccc(F)c(Nc2ncnc3ccc(-n4cc(C(=O)N5CC[C@H](N)C5)c5ccccc54)nc23)c1F. The monoisotopic (exact) mass is 688 g/mol. The first-order valence-electron chi connectivity index (χ1n) is 14.8. The van der Waals surface area contributed by atoms with Gasteiger partial charge < -0.3 is 20.5 Å². The number of halogens is 3. The molecule has 0 radical (unpaired) electrons. The summed E-state index contributed by atoms with van der Waals surface area (Å²) in [6.45, 7) is 2.55. The van der Waals surface area contributed by atoms with Crippen LogP contribution in [-0.4, -0.2) is 57.9 Å². The molecule has 15 heteroatoms. The number of nitrogens with one attached hydrogen (secondary N) is 2. The third-order valence-corrected chi connectivity index (χ3v) is 10.2. The highest BCUT2D eigenvalue weighted by molar-refractivity contribution is 7.92. The first-order valence-corrected chi connectivity index (χ1v) is 16.7. The Labute approximate surface area is 278 Å². The van der Waals surface area contributed by atoms with Crippen LogP contribution in [0, 0.1) is 18.6 Å². The molecular formula is C33H27ClF2N8O3S. The Morgan fingerprint density at radius 1 is 1.04 bits per heavy atom. The fourth-order valence-electron chi connectivity index (χ4n) is 5.78. The summed E-state index contributed by atoms with van der Waals surface area (Å²) < 4.78 is 61.2. The molecule has 7 rings (SSSR count). The minimum atomic E-state index is -4.29. The van der Waals surface area contributed by atoms with Gasteiger partial charge in [-0.3, -0.25) is 9.52 Å².